The quantitative estimate of drug-likeness (QED) is 0.580. The predicted octanol–water partition coefficient (Wildman–Crippen LogP) is 3.75. The molecule has 3 N–H and O–H groups in total. The molecule has 0 fully saturated rings. The van der Waals surface area contributed by atoms with Crippen LogP contribution in [0.2, 0.25) is 0 Å². The van der Waals surface area contributed by atoms with Gasteiger partial charge in [0.15, 0.2) is 0 Å². The Hall–Kier alpha value is -4.16. The van der Waals surface area contributed by atoms with Crippen LogP contribution >= 0.6 is 0 Å². The zero-order valence-corrected chi connectivity index (χ0v) is 17.4. The maximum Gasteiger partial charge on any atom is 0.342 e. The summed E-state index contributed by atoms with van der Waals surface area (Å²) < 4.78 is 4.96. The molecular weight excluding hydrogens is 406 g/mol. The van der Waals surface area contributed by atoms with Crippen LogP contribution in [0.25, 0.3) is 11.0 Å². The maximum atomic E-state index is 13.1. The molecule has 9 heteroatoms. The predicted molar refractivity (Wildman–Crippen MR) is 118 cm³/mol. The second-order valence-electron chi connectivity index (χ2n) is 7.63. The van der Waals surface area contributed by atoms with Gasteiger partial charge >= 0.3 is 6.03 Å². The molecule has 9 nitrogen and oxygen atoms in total. The first kappa shape index (κ1) is 19.8. The summed E-state index contributed by atoms with van der Waals surface area (Å²) in [7, 11) is 0. The number of carbonyl (C=O) groups excluding carboxylic acids is 1. The van der Waals surface area contributed by atoms with Gasteiger partial charge in [0.2, 0.25) is 0 Å². The summed E-state index contributed by atoms with van der Waals surface area (Å²) in [6.07, 6.45) is 1.53. The van der Waals surface area contributed by atoms with E-state index in [9.17, 15) is 10.1 Å². The molecule has 1 aromatic heterocycles. The molecule has 2 aliphatic heterocycles. The Morgan fingerprint density at radius 1 is 1.25 bits per heavy atom. The molecule has 0 radical (unpaired) electrons. The highest BCUT2D eigenvalue weighted by Crippen LogP contribution is 2.42. The number of para-hydroxylation sites is 1. The number of nitrogens with zero attached hydrogens (tertiary/aromatic N) is 4. The Morgan fingerprint density at radius 2 is 2.09 bits per heavy atom. The monoisotopic (exact) mass is 427 g/mol. The molecule has 5 rings (SSSR count). The van der Waals surface area contributed by atoms with Crippen molar-refractivity contribution in [3.63, 3.8) is 0 Å². The Labute approximate surface area is 184 Å². The summed E-state index contributed by atoms with van der Waals surface area (Å²) in [5, 5.41) is 25.9. The summed E-state index contributed by atoms with van der Waals surface area (Å²) >= 11 is 0. The average molecular weight is 427 g/mol. The first-order valence-electron chi connectivity index (χ1n) is 10.4. The van der Waals surface area contributed by atoms with Crippen LogP contribution in [0.4, 0.5) is 10.5 Å². The number of carbonyl (C=O) groups is 1. The maximum absolute atomic E-state index is 13.1. The topological polar surface area (TPSA) is 119 Å². The lowest BCUT2D eigenvalue weighted by Crippen LogP contribution is -2.44. The standard InChI is InChI=1S/C23H21N7O2/c1-2-7-18-16(12-24)20(15-10-6-11-19-21(15)29-32-28-19)17-13-25-30(22(17)27-18)23(31)26-14-8-4-3-5-9-14/h3-6,8-11,20,25,27H,2,7,13H2,1H3,(H,26,31). The number of hydrazine groups is 1. The van der Waals surface area contributed by atoms with E-state index in [1.54, 1.807) is 0 Å². The van der Waals surface area contributed by atoms with Crippen LogP contribution in [0.15, 0.2) is 75.8 Å². The van der Waals surface area contributed by atoms with E-state index in [4.69, 9.17) is 4.63 Å². The van der Waals surface area contributed by atoms with E-state index in [1.807, 2.05) is 48.5 Å². The molecule has 0 saturated carbocycles. The summed E-state index contributed by atoms with van der Waals surface area (Å²) in [4.78, 5) is 13.1. The van der Waals surface area contributed by atoms with Crippen LogP contribution in [-0.4, -0.2) is 27.9 Å². The van der Waals surface area contributed by atoms with Crippen molar-refractivity contribution in [3.8, 4) is 6.07 Å². The number of hydrogen-bond donors (Lipinski definition) is 3. The van der Waals surface area contributed by atoms with Gasteiger partial charge in [-0.3, -0.25) is 0 Å². The average Bonchev–Trinajstić information content (AvgIpc) is 3.46. The van der Waals surface area contributed by atoms with Crippen LogP contribution in [0.1, 0.15) is 31.2 Å². The highest BCUT2D eigenvalue weighted by molar-refractivity contribution is 5.91. The Balaban J connectivity index is 1.58. The lowest BCUT2D eigenvalue weighted by atomic mass is 9.81. The fourth-order valence-corrected chi connectivity index (χ4v) is 4.26. The van der Waals surface area contributed by atoms with Gasteiger partial charge in [0.25, 0.3) is 0 Å². The third kappa shape index (κ3) is 3.27. The van der Waals surface area contributed by atoms with E-state index in [1.165, 1.54) is 5.01 Å². The van der Waals surface area contributed by atoms with E-state index in [2.05, 4.69) is 39.4 Å². The van der Waals surface area contributed by atoms with Crippen molar-refractivity contribution in [3.05, 3.63) is 76.8 Å². The molecule has 1 unspecified atom stereocenters. The van der Waals surface area contributed by atoms with E-state index in [0.717, 1.165) is 23.3 Å². The number of hydrogen-bond acceptors (Lipinski definition) is 7. The number of aromatic nitrogens is 2. The highest BCUT2D eigenvalue weighted by Gasteiger charge is 2.40. The van der Waals surface area contributed by atoms with Crippen molar-refractivity contribution in [2.24, 2.45) is 0 Å². The largest absolute Gasteiger partial charge is 0.343 e. The van der Waals surface area contributed by atoms with Crippen LogP contribution in [0.5, 0.6) is 0 Å². The molecule has 1 atom stereocenters. The molecule has 0 spiro atoms. The number of rotatable bonds is 4. The minimum atomic E-state index is -0.365. The van der Waals surface area contributed by atoms with E-state index in [0.29, 0.717) is 41.1 Å². The number of allylic oxidation sites excluding steroid dienone is 2. The minimum absolute atomic E-state index is 0.315. The van der Waals surface area contributed by atoms with Gasteiger partial charge < -0.3 is 10.6 Å². The second kappa shape index (κ2) is 8.17. The zero-order valence-electron chi connectivity index (χ0n) is 17.4. The summed E-state index contributed by atoms with van der Waals surface area (Å²) in [6, 6.07) is 17.0. The summed E-state index contributed by atoms with van der Waals surface area (Å²) in [5.41, 5.74) is 8.23. The number of anilines is 1. The number of dihydropyridines is 1. The van der Waals surface area contributed by atoms with Gasteiger partial charge in [-0.25, -0.2) is 19.9 Å². The Kier molecular flexibility index (Phi) is 5.05. The molecule has 160 valence electrons. The molecular formula is C23H21N7O2. The van der Waals surface area contributed by atoms with Crippen molar-refractivity contribution < 1.29 is 9.42 Å². The van der Waals surface area contributed by atoms with Crippen LogP contribution in [0, 0.1) is 11.3 Å². The molecule has 0 saturated heterocycles. The number of fused-ring (bicyclic) bond motifs is 1. The van der Waals surface area contributed by atoms with Gasteiger partial charge in [-0.1, -0.05) is 43.7 Å². The molecule has 2 amide bonds. The lowest BCUT2D eigenvalue weighted by Gasteiger charge is -2.30. The van der Waals surface area contributed by atoms with Crippen LogP contribution in [-0.2, 0) is 0 Å². The SMILES string of the molecule is CCCC1=C(C#N)C(c2cccc3nonc23)C2=C(N1)N(C(=O)Nc1ccccc1)NC2. The third-order valence-corrected chi connectivity index (χ3v) is 5.66. The smallest absolute Gasteiger partial charge is 0.342 e. The van der Waals surface area contributed by atoms with E-state index >= 15 is 0 Å². The van der Waals surface area contributed by atoms with Crippen molar-refractivity contribution in [2.75, 3.05) is 11.9 Å². The van der Waals surface area contributed by atoms with Crippen LogP contribution in [0.3, 0.4) is 0 Å². The van der Waals surface area contributed by atoms with Crippen molar-refractivity contribution >= 4 is 22.8 Å². The highest BCUT2D eigenvalue weighted by atomic mass is 16.6. The molecule has 3 aromatic rings. The number of amides is 2. The fraction of sp³-hybridized carbons (Fsp3) is 0.217. The van der Waals surface area contributed by atoms with Gasteiger partial charge in [0.05, 0.1) is 11.6 Å². The van der Waals surface area contributed by atoms with E-state index in [-0.39, 0.29) is 11.9 Å². The molecule has 0 aliphatic carbocycles. The first-order chi connectivity index (χ1) is 15.7. The van der Waals surface area contributed by atoms with Crippen molar-refractivity contribution in [1.82, 2.24) is 26.1 Å². The number of nitrogens with one attached hydrogen (secondary N) is 3. The number of benzene rings is 2. The third-order valence-electron chi connectivity index (χ3n) is 5.66. The second-order valence-corrected chi connectivity index (χ2v) is 7.63. The molecule has 32 heavy (non-hydrogen) atoms. The van der Waals surface area contributed by atoms with Crippen LogP contribution < -0.4 is 16.1 Å². The summed E-state index contributed by atoms with van der Waals surface area (Å²) in [5.74, 6) is 0.273. The van der Waals surface area contributed by atoms with E-state index < -0.39 is 0 Å². The van der Waals surface area contributed by atoms with Gasteiger partial charge in [-0.05, 0) is 40.5 Å². The first-order valence-corrected chi connectivity index (χ1v) is 10.4. The van der Waals surface area contributed by atoms with Gasteiger partial charge in [-0.2, -0.15) is 5.26 Å². The number of urea groups is 1. The lowest BCUT2D eigenvalue weighted by molar-refractivity contribution is 0.210. The summed E-state index contributed by atoms with van der Waals surface area (Å²) in [6.45, 7) is 2.46. The van der Waals surface area contributed by atoms with Crippen molar-refractivity contribution in [1.29, 1.82) is 5.26 Å². The normalized spacial score (nSPS) is 17.9. The zero-order chi connectivity index (χ0) is 22.1. The molecule has 0 bridgehead atoms. The number of nitriles is 1. The Bertz CT molecular complexity index is 1290. The van der Waals surface area contributed by atoms with Crippen molar-refractivity contribution in [2.45, 2.75) is 25.7 Å². The Morgan fingerprint density at radius 3 is 2.88 bits per heavy atom. The minimum Gasteiger partial charge on any atom is -0.343 e. The molecule has 2 aromatic carbocycles. The molecule has 2 aliphatic rings. The fourth-order valence-electron chi connectivity index (χ4n) is 4.26. The van der Waals surface area contributed by atoms with Gasteiger partial charge in [0, 0.05) is 29.4 Å². The molecule has 3 heterocycles. The van der Waals surface area contributed by atoms with Gasteiger partial charge in [0.1, 0.15) is 16.9 Å². The van der Waals surface area contributed by atoms with Gasteiger partial charge in [-0.15, -0.1) is 0 Å².